The highest BCUT2D eigenvalue weighted by molar-refractivity contribution is 5.61. The molecule has 0 spiro atoms. The van der Waals surface area contributed by atoms with Crippen molar-refractivity contribution in [1.82, 2.24) is 9.97 Å². The van der Waals surface area contributed by atoms with E-state index in [-0.39, 0.29) is 0 Å². The Morgan fingerprint density at radius 1 is 1.39 bits per heavy atom. The van der Waals surface area contributed by atoms with Gasteiger partial charge < -0.3 is 10.7 Å². The van der Waals surface area contributed by atoms with Gasteiger partial charge in [0.25, 0.3) is 0 Å². The van der Waals surface area contributed by atoms with Gasteiger partial charge in [-0.1, -0.05) is 31.2 Å². The SMILES string of the molecule is CCC1CCc2[nH]c(-c3ccccc3CN)nc21. The predicted molar refractivity (Wildman–Crippen MR) is 73.3 cm³/mol. The molecule has 2 aromatic rings. The van der Waals surface area contributed by atoms with E-state index in [2.05, 4.69) is 24.0 Å². The minimum absolute atomic E-state index is 0.554. The molecule has 1 aromatic carbocycles. The minimum atomic E-state index is 0.554. The molecule has 0 bridgehead atoms. The number of aryl methyl sites for hydroxylation is 1. The molecule has 3 N–H and O–H groups in total. The van der Waals surface area contributed by atoms with Gasteiger partial charge in [-0.2, -0.15) is 0 Å². The van der Waals surface area contributed by atoms with E-state index in [1.807, 2.05) is 12.1 Å². The lowest BCUT2D eigenvalue weighted by Gasteiger charge is -2.06. The minimum Gasteiger partial charge on any atom is -0.342 e. The van der Waals surface area contributed by atoms with Crippen molar-refractivity contribution in [2.24, 2.45) is 5.73 Å². The second kappa shape index (κ2) is 4.58. The van der Waals surface area contributed by atoms with Crippen molar-refractivity contribution < 1.29 is 0 Å². The van der Waals surface area contributed by atoms with Gasteiger partial charge >= 0.3 is 0 Å². The Labute approximate surface area is 107 Å². The van der Waals surface area contributed by atoms with E-state index in [1.54, 1.807) is 0 Å². The number of fused-ring (bicyclic) bond motifs is 1. The summed E-state index contributed by atoms with van der Waals surface area (Å²) in [6.45, 7) is 2.79. The summed E-state index contributed by atoms with van der Waals surface area (Å²) in [5.41, 5.74) is 10.7. The molecular formula is C15H19N3. The zero-order valence-electron chi connectivity index (χ0n) is 10.7. The number of aromatic amines is 1. The first kappa shape index (κ1) is 11.5. The van der Waals surface area contributed by atoms with Crippen molar-refractivity contribution in [3.63, 3.8) is 0 Å². The van der Waals surface area contributed by atoms with Gasteiger partial charge in [0.05, 0.1) is 5.69 Å². The fraction of sp³-hybridized carbons (Fsp3) is 0.400. The molecule has 1 heterocycles. The normalized spacial score (nSPS) is 18.0. The molecule has 0 fully saturated rings. The summed E-state index contributed by atoms with van der Waals surface area (Å²) >= 11 is 0. The topological polar surface area (TPSA) is 54.7 Å². The summed E-state index contributed by atoms with van der Waals surface area (Å²) < 4.78 is 0. The number of nitrogens with two attached hydrogens (primary N) is 1. The largest absolute Gasteiger partial charge is 0.342 e. The Hall–Kier alpha value is -1.61. The predicted octanol–water partition coefficient (Wildman–Crippen LogP) is 2.98. The van der Waals surface area contributed by atoms with Gasteiger partial charge in [0.2, 0.25) is 0 Å². The zero-order chi connectivity index (χ0) is 12.5. The molecule has 1 aromatic heterocycles. The maximum absolute atomic E-state index is 5.79. The van der Waals surface area contributed by atoms with Crippen LogP contribution in [-0.2, 0) is 13.0 Å². The molecule has 0 amide bonds. The number of nitrogens with zero attached hydrogens (tertiary/aromatic N) is 1. The van der Waals surface area contributed by atoms with Crippen LogP contribution in [0.4, 0.5) is 0 Å². The molecule has 3 rings (SSSR count). The third kappa shape index (κ3) is 1.75. The average molecular weight is 241 g/mol. The van der Waals surface area contributed by atoms with Crippen LogP contribution >= 0.6 is 0 Å². The van der Waals surface area contributed by atoms with Crippen LogP contribution < -0.4 is 5.73 Å². The van der Waals surface area contributed by atoms with E-state index in [0.29, 0.717) is 12.5 Å². The lowest BCUT2D eigenvalue weighted by molar-refractivity contribution is 0.641. The van der Waals surface area contributed by atoms with Crippen LogP contribution in [0.15, 0.2) is 24.3 Å². The summed E-state index contributed by atoms with van der Waals surface area (Å²) in [6, 6.07) is 8.23. The number of H-pyrrole nitrogens is 1. The van der Waals surface area contributed by atoms with E-state index in [0.717, 1.165) is 23.4 Å². The summed E-state index contributed by atoms with van der Waals surface area (Å²) in [6.07, 6.45) is 3.55. The van der Waals surface area contributed by atoms with Gasteiger partial charge in [-0.15, -0.1) is 0 Å². The van der Waals surface area contributed by atoms with Crippen LogP contribution in [0.25, 0.3) is 11.4 Å². The first-order valence-electron chi connectivity index (χ1n) is 6.70. The van der Waals surface area contributed by atoms with Crippen LogP contribution in [0.3, 0.4) is 0 Å². The fourth-order valence-corrected chi connectivity index (χ4v) is 2.86. The lowest BCUT2D eigenvalue weighted by atomic mass is 10.0. The highest BCUT2D eigenvalue weighted by atomic mass is 15.0. The van der Waals surface area contributed by atoms with E-state index < -0.39 is 0 Å². The second-order valence-electron chi connectivity index (χ2n) is 4.95. The van der Waals surface area contributed by atoms with Crippen molar-refractivity contribution in [2.45, 2.75) is 38.6 Å². The maximum Gasteiger partial charge on any atom is 0.138 e. The molecule has 1 atom stereocenters. The van der Waals surface area contributed by atoms with Gasteiger partial charge in [0.15, 0.2) is 0 Å². The quantitative estimate of drug-likeness (QED) is 0.868. The number of benzene rings is 1. The monoisotopic (exact) mass is 241 g/mol. The number of imidazole rings is 1. The van der Waals surface area contributed by atoms with Gasteiger partial charge in [0.1, 0.15) is 5.82 Å². The van der Waals surface area contributed by atoms with Crippen molar-refractivity contribution in [3.8, 4) is 11.4 Å². The summed E-state index contributed by atoms with van der Waals surface area (Å²) in [5, 5.41) is 0. The Balaban J connectivity index is 2.04. The van der Waals surface area contributed by atoms with Crippen LogP contribution in [-0.4, -0.2) is 9.97 Å². The van der Waals surface area contributed by atoms with Crippen molar-refractivity contribution in [3.05, 3.63) is 41.2 Å². The molecule has 18 heavy (non-hydrogen) atoms. The van der Waals surface area contributed by atoms with Gasteiger partial charge in [-0.05, 0) is 24.8 Å². The van der Waals surface area contributed by atoms with Gasteiger partial charge in [-0.3, -0.25) is 0 Å². The molecule has 0 radical (unpaired) electrons. The van der Waals surface area contributed by atoms with E-state index >= 15 is 0 Å². The standard InChI is InChI=1S/C15H19N3/c1-2-10-7-8-13-14(10)18-15(17-13)12-6-4-3-5-11(12)9-16/h3-6,10H,2,7-9,16H2,1H3,(H,17,18). The molecular weight excluding hydrogens is 222 g/mol. The molecule has 94 valence electrons. The third-order valence-corrected chi connectivity index (χ3v) is 3.93. The molecule has 0 saturated heterocycles. The van der Waals surface area contributed by atoms with E-state index in [4.69, 9.17) is 10.7 Å². The Morgan fingerprint density at radius 3 is 3.00 bits per heavy atom. The third-order valence-electron chi connectivity index (χ3n) is 3.93. The second-order valence-corrected chi connectivity index (χ2v) is 4.95. The Kier molecular flexibility index (Phi) is 2.92. The number of hydrogen-bond donors (Lipinski definition) is 2. The Morgan fingerprint density at radius 2 is 2.22 bits per heavy atom. The van der Waals surface area contributed by atoms with Gasteiger partial charge in [0, 0.05) is 23.7 Å². The fourth-order valence-electron chi connectivity index (χ4n) is 2.86. The smallest absolute Gasteiger partial charge is 0.138 e. The molecule has 1 unspecified atom stereocenters. The number of rotatable bonds is 3. The molecule has 0 saturated carbocycles. The van der Waals surface area contributed by atoms with Gasteiger partial charge in [-0.25, -0.2) is 4.98 Å². The van der Waals surface area contributed by atoms with Crippen LogP contribution in [0.2, 0.25) is 0 Å². The van der Waals surface area contributed by atoms with E-state index in [9.17, 15) is 0 Å². The van der Waals surface area contributed by atoms with Crippen LogP contribution in [0.5, 0.6) is 0 Å². The van der Waals surface area contributed by atoms with Crippen LogP contribution in [0, 0.1) is 0 Å². The molecule has 0 aliphatic heterocycles. The first-order valence-corrected chi connectivity index (χ1v) is 6.70. The molecule has 3 heteroatoms. The highest BCUT2D eigenvalue weighted by Crippen LogP contribution is 2.35. The number of nitrogens with one attached hydrogen (secondary N) is 1. The van der Waals surface area contributed by atoms with Crippen molar-refractivity contribution >= 4 is 0 Å². The molecule has 1 aliphatic carbocycles. The summed E-state index contributed by atoms with van der Waals surface area (Å²) in [4.78, 5) is 8.29. The maximum atomic E-state index is 5.79. The van der Waals surface area contributed by atoms with Crippen molar-refractivity contribution in [1.29, 1.82) is 0 Å². The average Bonchev–Trinajstić information content (AvgIpc) is 2.98. The lowest BCUT2D eigenvalue weighted by Crippen LogP contribution is -2.00. The Bertz CT molecular complexity index is 557. The molecule has 3 nitrogen and oxygen atoms in total. The van der Waals surface area contributed by atoms with Crippen LogP contribution in [0.1, 0.15) is 42.6 Å². The summed E-state index contributed by atoms with van der Waals surface area (Å²) in [5.74, 6) is 1.62. The van der Waals surface area contributed by atoms with Crippen molar-refractivity contribution in [2.75, 3.05) is 0 Å². The highest BCUT2D eigenvalue weighted by Gasteiger charge is 2.25. The summed E-state index contributed by atoms with van der Waals surface area (Å²) in [7, 11) is 0. The first-order chi connectivity index (χ1) is 8.83. The number of hydrogen-bond acceptors (Lipinski definition) is 2. The van der Waals surface area contributed by atoms with E-state index in [1.165, 1.54) is 24.2 Å². The molecule has 1 aliphatic rings. The number of aromatic nitrogens is 2. The zero-order valence-corrected chi connectivity index (χ0v) is 10.7.